The Kier molecular flexibility index (Phi) is 6.37. The summed E-state index contributed by atoms with van der Waals surface area (Å²) in [5.41, 5.74) is 4.41. The van der Waals surface area contributed by atoms with Crippen LogP contribution < -0.4 is 5.32 Å². The van der Waals surface area contributed by atoms with Crippen LogP contribution in [0.15, 0.2) is 47.6 Å². The van der Waals surface area contributed by atoms with Crippen molar-refractivity contribution in [3.8, 4) is 5.69 Å². The van der Waals surface area contributed by atoms with Gasteiger partial charge < -0.3 is 5.32 Å². The molecule has 7 heteroatoms. The van der Waals surface area contributed by atoms with E-state index in [9.17, 15) is 4.79 Å². The number of hydrogen-bond donors (Lipinski definition) is 1. The number of aromatic nitrogens is 3. The summed E-state index contributed by atoms with van der Waals surface area (Å²) in [5.74, 6) is 3.97. The average Bonchev–Trinajstić information content (AvgIpc) is 3.25. The van der Waals surface area contributed by atoms with Crippen molar-refractivity contribution in [2.45, 2.75) is 69.8 Å². The highest BCUT2D eigenvalue weighted by Gasteiger charge is 2.54. The minimum atomic E-state index is -0.173. The summed E-state index contributed by atoms with van der Waals surface area (Å²) in [5, 5.41) is 13.9. The summed E-state index contributed by atoms with van der Waals surface area (Å²) in [6.07, 6.45) is 7.16. The highest BCUT2D eigenvalue weighted by atomic mass is 35.5. The number of benzene rings is 2. The largest absolute Gasteiger partial charge is 0.348 e. The number of thioether (sulfide) groups is 1. The van der Waals surface area contributed by atoms with Gasteiger partial charge in [-0.15, -0.1) is 10.2 Å². The average molecular weight is 521 g/mol. The number of rotatable bonds is 7. The molecule has 7 rings (SSSR count). The maximum atomic E-state index is 13.6. The van der Waals surface area contributed by atoms with Crippen LogP contribution in [0.25, 0.3) is 5.69 Å². The molecule has 4 fully saturated rings. The van der Waals surface area contributed by atoms with E-state index in [-0.39, 0.29) is 11.3 Å². The number of carbonyl (C=O) groups excluding carboxylic acids is 1. The fourth-order valence-corrected chi connectivity index (χ4v) is 8.43. The Hall–Kier alpha value is -2.31. The van der Waals surface area contributed by atoms with E-state index in [1.54, 1.807) is 11.8 Å². The normalized spacial score (nSPS) is 26.4. The predicted octanol–water partition coefficient (Wildman–Crippen LogP) is 6.66. The second-order valence-electron chi connectivity index (χ2n) is 11.3. The van der Waals surface area contributed by atoms with Crippen molar-refractivity contribution in [3.63, 3.8) is 0 Å². The van der Waals surface area contributed by atoms with Gasteiger partial charge in [0.1, 0.15) is 0 Å². The lowest BCUT2D eigenvalue weighted by atomic mass is 9.49. The zero-order valence-electron chi connectivity index (χ0n) is 21.0. The van der Waals surface area contributed by atoms with E-state index in [1.807, 2.05) is 18.2 Å². The minimum absolute atomic E-state index is 0.173. The van der Waals surface area contributed by atoms with Gasteiger partial charge in [-0.25, -0.2) is 0 Å². The first kappa shape index (κ1) is 24.1. The molecule has 4 saturated carbocycles. The molecule has 1 N–H and O–H groups in total. The van der Waals surface area contributed by atoms with E-state index in [1.165, 1.54) is 30.4 Å². The Labute approximate surface area is 222 Å². The Morgan fingerprint density at radius 2 is 1.72 bits per heavy atom. The van der Waals surface area contributed by atoms with E-state index >= 15 is 0 Å². The quantitative estimate of drug-likeness (QED) is 0.354. The molecule has 0 radical (unpaired) electrons. The van der Waals surface area contributed by atoms with E-state index in [0.29, 0.717) is 11.6 Å². The molecule has 0 aliphatic heterocycles. The predicted molar refractivity (Wildman–Crippen MR) is 144 cm³/mol. The number of hydrogen-bond acceptors (Lipinski definition) is 4. The van der Waals surface area contributed by atoms with Gasteiger partial charge >= 0.3 is 0 Å². The second kappa shape index (κ2) is 9.53. The lowest BCUT2D eigenvalue weighted by Crippen LogP contribution is -2.53. The molecule has 3 aromatic rings. The molecular weight excluding hydrogens is 488 g/mol. The standard InChI is InChI=1S/C29H33ClN4OS/c1-18-5-3-4-6-23(18)17-36-28-33-32-26(34(28)25-12-24(30)8-7-19(25)2)16-31-27(35)29-13-20-9-21(14-29)11-22(10-20)15-29/h3-8,12,20-22H,9-11,13-17H2,1-2H3,(H,31,35). The highest BCUT2D eigenvalue weighted by molar-refractivity contribution is 7.98. The van der Waals surface area contributed by atoms with Gasteiger partial charge in [0.15, 0.2) is 11.0 Å². The van der Waals surface area contributed by atoms with Crippen molar-refractivity contribution >= 4 is 29.3 Å². The number of aryl methyl sites for hydroxylation is 2. The first-order valence-corrected chi connectivity index (χ1v) is 14.4. The van der Waals surface area contributed by atoms with Gasteiger partial charge in [-0.3, -0.25) is 9.36 Å². The van der Waals surface area contributed by atoms with Crippen LogP contribution in [0.2, 0.25) is 5.02 Å². The Bertz CT molecular complexity index is 1270. The third-order valence-electron chi connectivity index (χ3n) is 8.66. The maximum Gasteiger partial charge on any atom is 0.226 e. The molecule has 4 bridgehead atoms. The van der Waals surface area contributed by atoms with E-state index < -0.39 is 0 Å². The summed E-state index contributed by atoms with van der Waals surface area (Å²) in [6.45, 7) is 4.57. The molecular formula is C29H33ClN4OS. The highest BCUT2D eigenvalue weighted by Crippen LogP contribution is 2.60. The number of nitrogens with one attached hydrogen (secondary N) is 1. The first-order valence-electron chi connectivity index (χ1n) is 13.1. The number of nitrogens with zero attached hydrogens (tertiary/aromatic N) is 3. The Morgan fingerprint density at radius 1 is 1.03 bits per heavy atom. The van der Waals surface area contributed by atoms with Crippen molar-refractivity contribution in [1.29, 1.82) is 0 Å². The summed E-state index contributed by atoms with van der Waals surface area (Å²) in [4.78, 5) is 13.6. The van der Waals surface area contributed by atoms with Crippen molar-refractivity contribution in [2.24, 2.45) is 23.2 Å². The number of amides is 1. The van der Waals surface area contributed by atoms with E-state index in [4.69, 9.17) is 11.6 Å². The third-order valence-corrected chi connectivity index (χ3v) is 9.87. The summed E-state index contributed by atoms with van der Waals surface area (Å²) >= 11 is 8.07. The summed E-state index contributed by atoms with van der Waals surface area (Å²) in [6, 6.07) is 14.3. The molecule has 36 heavy (non-hydrogen) atoms. The zero-order chi connectivity index (χ0) is 24.9. The van der Waals surface area contributed by atoms with Gasteiger partial charge in [0.05, 0.1) is 12.2 Å². The van der Waals surface area contributed by atoms with Crippen LogP contribution in [0, 0.1) is 37.0 Å². The SMILES string of the molecule is Cc1ccccc1CSc1nnc(CNC(=O)C23CC4CC(CC(C4)C2)C3)n1-c1cc(Cl)ccc1C. The van der Waals surface area contributed by atoms with Gasteiger partial charge in [-0.05, 0) is 98.9 Å². The molecule has 0 spiro atoms. The van der Waals surface area contributed by atoms with Crippen LogP contribution in [0.4, 0.5) is 0 Å². The number of carbonyl (C=O) groups is 1. The van der Waals surface area contributed by atoms with Gasteiger partial charge in [-0.2, -0.15) is 0 Å². The number of halogens is 1. The van der Waals surface area contributed by atoms with Crippen molar-refractivity contribution in [2.75, 3.05) is 0 Å². The fraction of sp³-hybridized carbons (Fsp3) is 0.483. The monoisotopic (exact) mass is 520 g/mol. The van der Waals surface area contributed by atoms with Crippen molar-refractivity contribution in [1.82, 2.24) is 20.1 Å². The van der Waals surface area contributed by atoms with E-state index in [2.05, 4.69) is 58.2 Å². The Balaban J connectivity index is 1.26. The summed E-state index contributed by atoms with van der Waals surface area (Å²) in [7, 11) is 0. The fourth-order valence-electron chi connectivity index (χ4n) is 7.22. The van der Waals surface area contributed by atoms with Crippen LogP contribution in [-0.2, 0) is 17.1 Å². The molecule has 5 nitrogen and oxygen atoms in total. The van der Waals surface area contributed by atoms with Crippen LogP contribution in [0.3, 0.4) is 0 Å². The molecule has 0 unspecified atom stereocenters. The van der Waals surface area contributed by atoms with Crippen LogP contribution in [-0.4, -0.2) is 20.7 Å². The lowest BCUT2D eigenvalue weighted by Gasteiger charge is -2.55. The molecule has 4 aliphatic carbocycles. The third kappa shape index (κ3) is 4.47. The van der Waals surface area contributed by atoms with Crippen LogP contribution in [0.1, 0.15) is 61.0 Å². The minimum Gasteiger partial charge on any atom is -0.348 e. The van der Waals surface area contributed by atoms with Crippen molar-refractivity contribution < 1.29 is 4.79 Å². The van der Waals surface area contributed by atoms with Gasteiger partial charge in [0.25, 0.3) is 0 Å². The van der Waals surface area contributed by atoms with Gasteiger partial charge in [0.2, 0.25) is 5.91 Å². The molecule has 188 valence electrons. The first-order chi connectivity index (χ1) is 17.4. The molecule has 4 aliphatic rings. The van der Waals surface area contributed by atoms with Crippen LogP contribution >= 0.6 is 23.4 Å². The van der Waals surface area contributed by atoms with E-state index in [0.717, 1.165) is 65.0 Å². The summed E-state index contributed by atoms with van der Waals surface area (Å²) < 4.78 is 2.07. The van der Waals surface area contributed by atoms with Gasteiger partial charge in [0, 0.05) is 16.2 Å². The van der Waals surface area contributed by atoms with Gasteiger partial charge in [-0.1, -0.05) is 53.7 Å². The van der Waals surface area contributed by atoms with Crippen LogP contribution in [0.5, 0.6) is 0 Å². The molecule has 0 atom stereocenters. The topological polar surface area (TPSA) is 59.8 Å². The smallest absolute Gasteiger partial charge is 0.226 e. The van der Waals surface area contributed by atoms with Crippen molar-refractivity contribution in [3.05, 3.63) is 70.0 Å². The zero-order valence-corrected chi connectivity index (χ0v) is 22.5. The lowest BCUT2D eigenvalue weighted by molar-refractivity contribution is -0.146. The molecule has 2 aromatic carbocycles. The molecule has 1 aromatic heterocycles. The molecule has 0 saturated heterocycles. The second-order valence-corrected chi connectivity index (χ2v) is 12.6. The molecule has 1 heterocycles. The maximum absolute atomic E-state index is 13.6. The Morgan fingerprint density at radius 3 is 2.42 bits per heavy atom. The molecule has 1 amide bonds.